The van der Waals surface area contributed by atoms with Crippen LogP contribution >= 0.6 is 0 Å². The quantitative estimate of drug-likeness (QED) is 0.596. The third-order valence-electron chi connectivity index (χ3n) is 5.53. The van der Waals surface area contributed by atoms with Gasteiger partial charge in [0.15, 0.2) is 11.6 Å². The third-order valence-corrected chi connectivity index (χ3v) is 5.53. The lowest BCUT2D eigenvalue weighted by Gasteiger charge is -2.36. The lowest BCUT2D eigenvalue weighted by molar-refractivity contribution is -0.141. The number of urea groups is 1. The first kappa shape index (κ1) is 20.2. The van der Waals surface area contributed by atoms with Crippen molar-refractivity contribution in [3.8, 4) is 11.3 Å². The molecule has 2 amide bonds. The van der Waals surface area contributed by atoms with Crippen LogP contribution in [-0.2, 0) is 6.18 Å². The summed E-state index contributed by atoms with van der Waals surface area (Å²) in [6, 6.07) is 6.28. The van der Waals surface area contributed by atoms with E-state index in [1.54, 1.807) is 12.1 Å². The van der Waals surface area contributed by atoms with Crippen molar-refractivity contribution in [2.45, 2.75) is 18.6 Å². The van der Waals surface area contributed by atoms with Crippen LogP contribution in [0.25, 0.3) is 11.3 Å². The van der Waals surface area contributed by atoms with Crippen molar-refractivity contribution < 1.29 is 22.4 Å². The Morgan fingerprint density at radius 1 is 1.16 bits per heavy atom. The van der Waals surface area contributed by atoms with Gasteiger partial charge in [-0.3, -0.25) is 14.9 Å². The van der Waals surface area contributed by atoms with E-state index in [4.69, 9.17) is 0 Å². The van der Waals surface area contributed by atoms with E-state index < -0.39 is 23.7 Å². The first-order chi connectivity index (χ1) is 15.3. The number of carbonyl (C=O) groups is 1. The maximum absolute atomic E-state index is 14.0. The number of nitrogens with one attached hydrogen (secondary N) is 1. The van der Waals surface area contributed by atoms with Crippen LogP contribution in [0.1, 0.15) is 12.1 Å². The van der Waals surface area contributed by atoms with Crippen molar-refractivity contribution in [2.75, 3.05) is 28.2 Å². The number of aromatic nitrogens is 3. The number of fused-ring (bicyclic) bond motifs is 4. The summed E-state index contributed by atoms with van der Waals surface area (Å²) in [5.74, 6) is -0.363. The van der Waals surface area contributed by atoms with Crippen LogP contribution in [0, 0.1) is 5.82 Å². The van der Waals surface area contributed by atoms with Gasteiger partial charge in [0.05, 0.1) is 29.3 Å². The van der Waals surface area contributed by atoms with Crippen molar-refractivity contribution in [1.82, 2.24) is 15.0 Å². The molecule has 32 heavy (non-hydrogen) atoms. The smallest absolute Gasteiger partial charge is 0.366 e. The SMILES string of the molecule is O=C(Nc1ccncc1F)N1c2nc(-c3ccnc(C(F)(F)F)c3)ccc2N2CC[C@H]1C2. The van der Waals surface area contributed by atoms with Crippen LogP contribution in [0.5, 0.6) is 0 Å². The fourth-order valence-electron chi connectivity index (χ4n) is 4.03. The average Bonchev–Trinajstić information content (AvgIpc) is 3.19. The minimum atomic E-state index is -4.59. The van der Waals surface area contributed by atoms with Crippen molar-refractivity contribution in [2.24, 2.45) is 0 Å². The molecule has 5 rings (SSSR count). The normalized spacial score (nSPS) is 17.3. The number of hydrogen-bond donors (Lipinski definition) is 1. The molecule has 5 heterocycles. The van der Waals surface area contributed by atoms with E-state index in [9.17, 15) is 22.4 Å². The highest BCUT2D eigenvalue weighted by molar-refractivity contribution is 6.04. The first-order valence-corrected chi connectivity index (χ1v) is 9.80. The molecule has 2 bridgehead atoms. The maximum atomic E-state index is 14.0. The van der Waals surface area contributed by atoms with Crippen LogP contribution in [0.3, 0.4) is 0 Å². The van der Waals surface area contributed by atoms with Crippen LogP contribution in [0.4, 0.5) is 39.5 Å². The molecule has 0 saturated carbocycles. The zero-order chi connectivity index (χ0) is 22.5. The Bertz CT molecular complexity index is 1200. The lowest BCUT2D eigenvalue weighted by atomic mass is 10.1. The predicted octanol–water partition coefficient (Wildman–Crippen LogP) is 4.33. The summed E-state index contributed by atoms with van der Waals surface area (Å²) in [7, 11) is 0. The predicted molar refractivity (Wildman–Crippen MR) is 109 cm³/mol. The van der Waals surface area contributed by atoms with Crippen LogP contribution in [-0.4, -0.2) is 40.1 Å². The molecule has 1 saturated heterocycles. The second kappa shape index (κ2) is 7.43. The summed E-state index contributed by atoms with van der Waals surface area (Å²) >= 11 is 0. The summed E-state index contributed by atoms with van der Waals surface area (Å²) < 4.78 is 53.3. The van der Waals surface area contributed by atoms with Gasteiger partial charge in [0.25, 0.3) is 0 Å². The molecule has 1 fully saturated rings. The number of alkyl halides is 3. The van der Waals surface area contributed by atoms with Gasteiger partial charge >= 0.3 is 12.2 Å². The van der Waals surface area contributed by atoms with E-state index >= 15 is 0 Å². The molecule has 11 heteroatoms. The summed E-state index contributed by atoms with van der Waals surface area (Å²) in [6.45, 7) is 1.30. The minimum absolute atomic E-state index is 0.0212. The third kappa shape index (κ3) is 3.49. The van der Waals surface area contributed by atoms with Crippen molar-refractivity contribution in [1.29, 1.82) is 0 Å². The monoisotopic (exact) mass is 444 g/mol. The Hall–Kier alpha value is -3.76. The highest BCUT2D eigenvalue weighted by Gasteiger charge is 2.40. The van der Waals surface area contributed by atoms with E-state index in [1.807, 2.05) is 0 Å². The number of anilines is 3. The molecule has 7 nitrogen and oxygen atoms in total. The number of pyridine rings is 3. The van der Waals surface area contributed by atoms with Gasteiger partial charge in [0.2, 0.25) is 0 Å². The zero-order valence-electron chi connectivity index (χ0n) is 16.5. The van der Waals surface area contributed by atoms with Gasteiger partial charge in [-0.15, -0.1) is 0 Å². The number of amides is 2. The maximum Gasteiger partial charge on any atom is 0.433 e. The summed E-state index contributed by atoms with van der Waals surface area (Å²) in [6.07, 6.45) is -0.475. The van der Waals surface area contributed by atoms with Gasteiger partial charge in [-0.1, -0.05) is 0 Å². The molecule has 3 aromatic rings. The van der Waals surface area contributed by atoms with E-state index in [-0.39, 0.29) is 23.0 Å². The van der Waals surface area contributed by atoms with Gasteiger partial charge in [-0.25, -0.2) is 14.2 Å². The molecule has 1 N–H and O–H groups in total. The number of nitrogens with zero attached hydrogens (tertiary/aromatic N) is 5. The van der Waals surface area contributed by atoms with Crippen molar-refractivity contribution in [3.05, 3.63) is 60.4 Å². The largest absolute Gasteiger partial charge is 0.433 e. The Morgan fingerprint density at radius 3 is 2.78 bits per heavy atom. The molecule has 2 aliphatic rings. The molecule has 0 unspecified atom stereocenters. The highest BCUT2D eigenvalue weighted by Crippen LogP contribution is 2.40. The van der Waals surface area contributed by atoms with Crippen LogP contribution < -0.4 is 15.1 Å². The summed E-state index contributed by atoms with van der Waals surface area (Å²) in [4.78, 5) is 28.2. The molecule has 0 aromatic carbocycles. The molecule has 1 atom stereocenters. The molecular formula is C21H16F4N6O. The van der Waals surface area contributed by atoms with E-state index in [0.717, 1.165) is 18.5 Å². The first-order valence-electron chi connectivity index (χ1n) is 9.80. The van der Waals surface area contributed by atoms with Crippen molar-refractivity contribution in [3.63, 3.8) is 0 Å². The minimum Gasteiger partial charge on any atom is -0.366 e. The molecule has 2 aliphatic heterocycles. The molecule has 0 aliphatic carbocycles. The van der Waals surface area contributed by atoms with Gasteiger partial charge in [0.1, 0.15) is 5.69 Å². The van der Waals surface area contributed by atoms with E-state index in [2.05, 4.69) is 25.2 Å². The Morgan fingerprint density at radius 2 is 2.00 bits per heavy atom. The fourth-order valence-corrected chi connectivity index (χ4v) is 4.03. The average molecular weight is 444 g/mol. The highest BCUT2D eigenvalue weighted by atomic mass is 19.4. The summed E-state index contributed by atoms with van der Waals surface area (Å²) in [5, 5.41) is 2.55. The second-order valence-corrected chi connectivity index (χ2v) is 7.51. The molecule has 164 valence electrons. The van der Waals surface area contributed by atoms with Gasteiger partial charge in [-0.2, -0.15) is 13.2 Å². The number of halogens is 4. The zero-order valence-corrected chi connectivity index (χ0v) is 16.5. The second-order valence-electron chi connectivity index (χ2n) is 7.51. The topological polar surface area (TPSA) is 74.2 Å². The lowest BCUT2D eigenvalue weighted by Crippen LogP contribution is -2.48. The Kier molecular flexibility index (Phi) is 4.68. The number of rotatable bonds is 2. The standard InChI is InChI=1S/C21H16F4N6O/c22-14-10-26-6-4-16(14)29-20(32)31-13-5-8-30(11-13)17-2-1-15(28-19(17)31)12-3-7-27-18(9-12)21(23,24)25/h1-4,6-7,9-10,13H,5,8,11H2,(H,26,29,32)/t13-/m0/s1. The van der Waals surface area contributed by atoms with E-state index in [0.29, 0.717) is 31.0 Å². The van der Waals surface area contributed by atoms with E-state index in [1.165, 1.54) is 23.2 Å². The van der Waals surface area contributed by atoms with Gasteiger partial charge < -0.3 is 10.2 Å². The number of hydrogen-bond acceptors (Lipinski definition) is 5. The van der Waals surface area contributed by atoms with Crippen LogP contribution in [0.15, 0.2) is 48.9 Å². The molecule has 0 radical (unpaired) electrons. The van der Waals surface area contributed by atoms with Crippen molar-refractivity contribution >= 4 is 23.2 Å². The van der Waals surface area contributed by atoms with Crippen LogP contribution in [0.2, 0.25) is 0 Å². The number of carbonyl (C=O) groups excluding carboxylic acids is 1. The Balaban J connectivity index is 1.54. The molecular weight excluding hydrogens is 428 g/mol. The summed E-state index contributed by atoms with van der Waals surface area (Å²) in [5.41, 5.74) is 0.141. The molecule has 0 spiro atoms. The Labute approximate surface area is 179 Å². The molecule has 3 aromatic heterocycles. The van der Waals surface area contributed by atoms with Gasteiger partial charge in [0, 0.05) is 31.0 Å². The fraction of sp³-hybridized carbons (Fsp3) is 0.238. The van der Waals surface area contributed by atoms with Gasteiger partial charge in [-0.05, 0) is 36.8 Å².